The molecule has 8 nitrogen and oxygen atoms in total. The molecule has 0 spiro atoms. The van der Waals surface area contributed by atoms with Crippen LogP contribution in [0.2, 0.25) is 5.02 Å². The van der Waals surface area contributed by atoms with Crippen LogP contribution in [-0.4, -0.2) is 42.2 Å². The van der Waals surface area contributed by atoms with E-state index in [9.17, 15) is 13.2 Å². The van der Waals surface area contributed by atoms with Gasteiger partial charge < -0.3 is 19.5 Å². The zero-order valence-corrected chi connectivity index (χ0v) is 22.3. The molecule has 10 heteroatoms. The molecule has 0 unspecified atom stereocenters. The third-order valence-electron chi connectivity index (χ3n) is 5.59. The van der Waals surface area contributed by atoms with Gasteiger partial charge in [0.05, 0.1) is 38.0 Å². The molecular formula is C26H29ClN2O6S. The van der Waals surface area contributed by atoms with E-state index in [1.807, 2.05) is 6.92 Å². The fourth-order valence-electron chi connectivity index (χ4n) is 3.62. The summed E-state index contributed by atoms with van der Waals surface area (Å²) in [5.74, 6) is 0.817. The second-order valence-electron chi connectivity index (χ2n) is 8.04. The molecule has 0 radical (unpaired) electrons. The van der Waals surface area contributed by atoms with E-state index in [0.29, 0.717) is 16.5 Å². The number of ether oxygens (including phenoxy) is 3. The number of methoxy groups -OCH3 is 3. The molecule has 0 aromatic heterocycles. The zero-order valence-electron chi connectivity index (χ0n) is 20.7. The Kier molecular flexibility index (Phi) is 8.70. The number of carbonyl (C=O) groups is 1. The van der Waals surface area contributed by atoms with Gasteiger partial charge in [0.15, 0.2) is 11.5 Å². The number of hydrogen-bond acceptors (Lipinski definition) is 6. The van der Waals surface area contributed by atoms with Crippen LogP contribution in [0, 0.1) is 6.92 Å². The Morgan fingerprint density at radius 3 is 2.14 bits per heavy atom. The molecule has 0 saturated carbocycles. The van der Waals surface area contributed by atoms with Crippen molar-refractivity contribution in [2.45, 2.75) is 24.8 Å². The molecule has 1 amide bonds. The number of anilines is 1. The van der Waals surface area contributed by atoms with E-state index in [1.165, 1.54) is 39.5 Å². The third kappa shape index (κ3) is 6.03. The van der Waals surface area contributed by atoms with Crippen LogP contribution in [0.5, 0.6) is 17.2 Å². The number of aryl methyl sites for hydroxylation is 1. The van der Waals surface area contributed by atoms with Gasteiger partial charge in [0.1, 0.15) is 12.3 Å². The first-order valence-corrected chi connectivity index (χ1v) is 12.9. The molecule has 1 N–H and O–H groups in total. The number of halogens is 1. The molecule has 0 saturated heterocycles. The number of nitrogens with zero attached hydrogens (tertiary/aromatic N) is 1. The minimum Gasteiger partial charge on any atom is -0.495 e. The van der Waals surface area contributed by atoms with E-state index in [2.05, 4.69) is 5.32 Å². The van der Waals surface area contributed by atoms with E-state index < -0.39 is 28.5 Å². The summed E-state index contributed by atoms with van der Waals surface area (Å²) in [5.41, 5.74) is 1.82. The molecule has 36 heavy (non-hydrogen) atoms. The van der Waals surface area contributed by atoms with Crippen LogP contribution < -0.4 is 23.8 Å². The van der Waals surface area contributed by atoms with Gasteiger partial charge in [-0.2, -0.15) is 0 Å². The Bertz CT molecular complexity index is 1330. The standard InChI is InChI=1S/C26H29ClN2O6S/c1-17-6-10-21(11-7-17)36(31,32)29(22-15-20(27)9-13-23(22)33-3)16-26(30)28-18(2)19-8-12-24(34-4)25(14-19)35-5/h6-15,18H,16H2,1-5H3,(H,28,30)/t18-/m0/s1. The second-order valence-corrected chi connectivity index (χ2v) is 10.3. The number of hydrogen-bond donors (Lipinski definition) is 1. The van der Waals surface area contributed by atoms with Gasteiger partial charge in [0.25, 0.3) is 10.0 Å². The third-order valence-corrected chi connectivity index (χ3v) is 7.60. The predicted molar refractivity (Wildman–Crippen MR) is 140 cm³/mol. The summed E-state index contributed by atoms with van der Waals surface area (Å²) in [4.78, 5) is 13.2. The first-order valence-electron chi connectivity index (χ1n) is 11.0. The van der Waals surface area contributed by atoms with E-state index >= 15 is 0 Å². The van der Waals surface area contributed by atoms with Crippen molar-refractivity contribution >= 4 is 33.2 Å². The SMILES string of the molecule is COc1ccc([C@H](C)NC(=O)CN(c2cc(Cl)ccc2OC)S(=O)(=O)c2ccc(C)cc2)cc1OC. The minimum absolute atomic E-state index is 0.0378. The topological polar surface area (TPSA) is 94.2 Å². The average Bonchev–Trinajstić information content (AvgIpc) is 2.86. The molecule has 0 fully saturated rings. The highest BCUT2D eigenvalue weighted by Crippen LogP contribution is 2.35. The molecule has 0 aliphatic rings. The summed E-state index contributed by atoms with van der Waals surface area (Å²) in [6, 6.07) is 15.8. The van der Waals surface area contributed by atoms with Gasteiger partial charge in [0, 0.05) is 5.02 Å². The molecule has 0 bridgehead atoms. The Balaban J connectivity index is 1.95. The molecular weight excluding hydrogens is 504 g/mol. The van der Waals surface area contributed by atoms with Crippen molar-refractivity contribution < 1.29 is 27.4 Å². The maximum absolute atomic E-state index is 13.7. The molecule has 192 valence electrons. The predicted octanol–water partition coefficient (Wildman–Crippen LogP) is 4.75. The van der Waals surface area contributed by atoms with Gasteiger partial charge in [-0.1, -0.05) is 35.4 Å². The zero-order chi connectivity index (χ0) is 26.5. The van der Waals surface area contributed by atoms with Gasteiger partial charge >= 0.3 is 0 Å². The minimum atomic E-state index is -4.14. The Hall–Kier alpha value is -3.43. The monoisotopic (exact) mass is 532 g/mol. The summed E-state index contributed by atoms with van der Waals surface area (Å²) in [6.45, 7) is 3.15. The highest BCUT2D eigenvalue weighted by molar-refractivity contribution is 7.92. The molecule has 3 aromatic carbocycles. The lowest BCUT2D eigenvalue weighted by atomic mass is 10.1. The number of amides is 1. The highest BCUT2D eigenvalue weighted by atomic mass is 35.5. The van der Waals surface area contributed by atoms with Crippen LogP contribution in [0.25, 0.3) is 0 Å². The molecule has 3 aromatic rings. The first kappa shape index (κ1) is 27.2. The number of nitrogens with one attached hydrogen (secondary N) is 1. The van der Waals surface area contributed by atoms with Gasteiger partial charge in [-0.25, -0.2) is 8.42 Å². The average molecular weight is 533 g/mol. The van der Waals surface area contributed by atoms with Crippen LogP contribution in [0.1, 0.15) is 24.1 Å². The van der Waals surface area contributed by atoms with Crippen molar-refractivity contribution in [3.05, 3.63) is 76.8 Å². The van der Waals surface area contributed by atoms with E-state index in [1.54, 1.807) is 49.4 Å². The van der Waals surface area contributed by atoms with Crippen molar-refractivity contribution in [3.63, 3.8) is 0 Å². The normalized spacial score (nSPS) is 11.9. The maximum Gasteiger partial charge on any atom is 0.264 e. The Morgan fingerprint density at radius 1 is 0.917 bits per heavy atom. The molecule has 0 aliphatic heterocycles. The summed E-state index contributed by atoms with van der Waals surface area (Å²) < 4.78 is 44.4. The van der Waals surface area contributed by atoms with Crippen molar-refractivity contribution in [2.24, 2.45) is 0 Å². The molecule has 0 aliphatic carbocycles. The van der Waals surface area contributed by atoms with Crippen molar-refractivity contribution in [3.8, 4) is 17.2 Å². The second kappa shape index (κ2) is 11.5. The summed E-state index contributed by atoms with van der Waals surface area (Å²) >= 11 is 6.19. The van der Waals surface area contributed by atoms with Crippen molar-refractivity contribution in [2.75, 3.05) is 32.2 Å². The summed E-state index contributed by atoms with van der Waals surface area (Å²) in [7, 11) is 0.344. The van der Waals surface area contributed by atoms with Crippen LogP contribution in [0.15, 0.2) is 65.6 Å². The van der Waals surface area contributed by atoms with Crippen LogP contribution in [-0.2, 0) is 14.8 Å². The largest absolute Gasteiger partial charge is 0.495 e. The molecule has 1 atom stereocenters. The van der Waals surface area contributed by atoms with E-state index in [4.69, 9.17) is 25.8 Å². The maximum atomic E-state index is 13.7. The van der Waals surface area contributed by atoms with Gasteiger partial charge in [-0.15, -0.1) is 0 Å². The lowest BCUT2D eigenvalue weighted by Gasteiger charge is -2.26. The lowest BCUT2D eigenvalue weighted by Crippen LogP contribution is -2.41. The Labute approximate surface area is 216 Å². The van der Waals surface area contributed by atoms with E-state index in [-0.39, 0.29) is 16.3 Å². The summed E-state index contributed by atoms with van der Waals surface area (Å²) in [5, 5.41) is 3.15. The Morgan fingerprint density at radius 2 is 1.53 bits per heavy atom. The fourth-order valence-corrected chi connectivity index (χ4v) is 5.21. The summed E-state index contributed by atoms with van der Waals surface area (Å²) in [6.07, 6.45) is 0. The van der Waals surface area contributed by atoms with Crippen LogP contribution >= 0.6 is 11.6 Å². The highest BCUT2D eigenvalue weighted by Gasteiger charge is 2.30. The fraction of sp³-hybridized carbons (Fsp3) is 0.269. The molecule has 0 heterocycles. The van der Waals surface area contributed by atoms with Crippen molar-refractivity contribution in [1.29, 1.82) is 0 Å². The van der Waals surface area contributed by atoms with Crippen molar-refractivity contribution in [1.82, 2.24) is 5.32 Å². The lowest BCUT2D eigenvalue weighted by molar-refractivity contribution is -0.120. The van der Waals surface area contributed by atoms with Crippen LogP contribution in [0.3, 0.4) is 0 Å². The van der Waals surface area contributed by atoms with Gasteiger partial charge in [-0.3, -0.25) is 9.10 Å². The van der Waals surface area contributed by atoms with E-state index in [0.717, 1.165) is 15.4 Å². The van der Waals surface area contributed by atoms with Crippen LogP contribution in [0.4, 0.5) is 5.69 Å². The molecule has 3 rings (SSSR count). The van der Waals surface area contributed by atoms with Gasteiger partial charge in [0.2, 0.25) is 5.91 Å². The number of benzene rings is 3. The first-order chi connectivity index (χ1) is 17.1. The quantitative estimate of drug-likeness (QED) is 0.405. The number of rotatable bonds is 10. The smallest absolute Gasteiger partial charge is 0.264 e. The van der Waals surface area contributed by atoms with Gasteiger partial charge in [-0.05, 0) is 61.9 Å². The number of sulfonamides is 1. The number of carbonyl (C=O) groups excluding carboxylic acids is 1.